The molecule has 0 aliphatic carbocycles. The molecular formula is C15H21N3O2S2. The van der Waals surface area contributed by atoms with Crippen molar-refractivity contribution in [3.8, 4) is 11.3 Å². The summed E-state index contributed by atoms with van der Waals surface area (Å²) in [7, 11) is -3.34. The fourth-order valence-corrected chi connectivity index (χ4v) is 5.63. The van der Waals surface area contributed by atoms with Crippen molar-refractivity contribution in [2.75, 3.05) is 13.1 Å². The van der Waals surface area contributed by atoms with Gasteiger partial charge in [0.25, 0.3) is 10.0 Å². The minimum absolute atomic E-state index is 0.439. The lowest BCUT2D eigenvalue weighted by atomic mass is 10.2. The van der Waals surface area contributed by atoms with Gasteiger partial charge in [0.1, 0.15) is 4.21 Å². The van der Waals surface area contributed by atoms with Crippen LogP contribution in [0.1, 0.15) is 32.6 Å². The van der Waals surface area contributed by atoms with Crippen molar-refractivity contribution < 1.29 is 8.42 Å². The summed E-state index contributed by atoms with van der Waals surface area (Å²) in [5.41, 5.74) is 1.92. The number of aromatic nitrogens is 2. The summed E-state index contributed by atoms with van der Waals surface area (Å²) in [6.07, 6.45) is 5.80. The second-order valence-electron chi connectivity index (χ2n) is 5.56. The Morgan fingerprint density at radius 3 is 2.77 bits per heavy atom. The van der Waals surface area contributed by atoms with Crippen LogP contribution in [0.5, 0.6) is 0 Å². The highest BCUT2D eigenvalue weighted by Crippen LogP contribution is 2.31. The van der Waals surface area contributed by atoms with Crippen LogP contribution in [0, 0.1) is 0 Å². The van der Waals surface area contributed by atoms with Crippen molar-refractivity contribution >= 4 is 21.4 Å². The summed E-state index contributed by atoms with van der Waals surface area (Å²) in [6.45, 7) is 4.23. The molecule has 2 aromatic rings. The quantitative estimate of drug-likeness (QED) is 0.840. The molecule has 22 heavy (non-hydrogen) atoms. The van der Waals surface area contributed by atoms with Gasteiger partial charge in [-0.15, -0.1) is 11.3 Å². The fraction of sp³-hybridized carbons (Fsp3) is 0.533. The van der Waals surface area contributed by atoms with E-state index in [1.165, 1.54) is 11.3 Å². The number of hydrogen-bond donors (Lipinski definition) is 0. The minimum atomic E-state index is -3.34. The molecular weight excluding hydrogens is 318 g/mol. The number of nitrogens with zero attached hydrogens (tertiary/aromatic N) is 3. The topological polar surface area (TPSA) is 55.2 Å². The first kappa shape index (κ1) is 15.7. The van der Waals surface area contributed by atoms with Gasteiger partial charge in [-0.25, -0.2) is 8.42 Å². The Bertz CT molecular complexity index is 728. The largest absolute Gasteiger partial charge is 0.265 e. The van der Waals surface area contributed by atoms with Crippen LogP contribution >= 0.6 is 11.3 Å². The first-order chi connectivity index (χ1) is 10.6. The third-order valence-electron chi connectivity index (χ3n) is 3.93. The maximum atomic E-state index is 12.7. The molecule has 1 saturated heterocycles. The van der Waals surface area contributed by atoms with Gasteiger partial charge in [0.15, 0.2) is 0 Å². The van der Waals surface area contributed by atoms with Crippen molar-refractivity contribution in [3.63, 3.8) is 0 Å². The summed E-state index contributed by atoms with van der Waals surface area (Å²) in [5.74, 6) is 0. The summed E-state index contributed by atoms with van der Waals surface area (Å²) < 4.78 is 29.4. The predicted molar refractivity (Wildman–Crippen MR) is 88.4 cm³/mol. The van der Waals surface area contributed by atoms with Crippen LogP contribution in [0.15, 0.2) is 27.9 Å². The van der Waals surface area contributed by atoms with Gasteiger partial charge in [-0.2, -0.15) is 9.40 Å². The van der Waals surface area contributed by atoms with Gasteiger partial charge >= 0.3 is 0 Å². The Balaban J connectivity index is 1.88. The number of rotatable bonds is 5. The lowest BCUT2D eigenvalue weighted by molar-refractivity contribution is 0.347. The second-order valence-corrected chi connectivity index (χ2v) is 8.63. The highest BCUT2D eigenvalue weighted by molar-refractivity contribution is 7.91. The predicted octanol–water partition coefficient (Wildman–Crippen LogP) is 3.20. The highest BCUT2D eigenvalue weighted by atomic mass is 32.2. The number of thiophene rings is 1. The van der Waals surface area contributed by atoms with E-state index in [1.807, 2.05) is 16.1 Å². The van der Waals surface area contributed by atoms with Crippen LogP contribution in [0.25, 0.3) is 11.3 Å². The van der Waals surface area contributed by atoms with Crippen molar-refractivity contribution in [1.29, 1.82) is 0 Å². The van der Waals surface area contributed by atoms with E-state index in [2.05, 4.69) is 12.0 Å². The van der Waals surface area contributed by atoms with Gasteiger partial charge in [-0.05, 0) is 31.4 Å². The maximum Gasteiger partial charge on any atom is 0.252 e. The van der Waals surface area contributed by atoms with E-state index in [-0.39, 0.29) is 0 Å². The smallest absolute Gasteiger partial charge is 0.252 e. The molecule has 0 amide bonds. The molecule has 0 radical (unpaired) electrons. The van der Waals surface area contributed by atoms with E-state index in [4.69, 9.17) is 0 Å². The zero-order chi connectivity index (χ0) is 15.6. The van der Waals surface area contributed by atoms with E-state index in [0.29, 0.717) is 17.3 Å². The number of sulfonamides is 1. The van der Waals surface area contributed by atoms with Gasteiger partial charge in [0.2, 0.25) is 0 Å². The lowest BCUT2D eigenvalue weighted by Crippen LogP contribution is -2.35. The van der Waals surface area contributed by atoms with Crippen LogP contribution in [-0.4, -0.2) is 35.6 Å². The lowest BCUT2D eigenvalue weighted by Gasteiger charge is -2.25. The second kappa shape index (κ2) is 6.52. The first-order valence-corrected chi connectivity index (χ1v) is 10.1. The summed E-state index contributed by atoms with van der Waals surface area (Å²) in [6, 6.07) is 3.73. The molecule has 1 fully saturated rings. The SMILES string of the molecule is CCCn1nccc1-c1csc(S(=O)(=O)N2CCCCC2)c1. The Morgan fingerprint density at radius 2 is 2.05 bits per heavy atom. The molecule has 0 aromatic carbocycles. The van der Waals surface area contributed by atoms with Crippen molar-refractivity contribution in [1.82, 2.24) is 14.1 Å². The zero-order valence-corrected chi connectivity index (χ0v) is 14.4. The molecule has 0 spiro atoms. The standard InChI is InChI=1S/C15H21N3O2S2/c1-2-8-18-14(6-7-16-18)13-11-15(21-12-13)22(19,20)17-9-4-3-5-10-17/h6-7,11-12H,2-5,8-10H2,1H3. The third-order valence-corrected chi connectivity index (χ3v) is 7.25. The molecule has 0 saturated carbocycles. The molecule has 0 N–H and O–H groups in total. The highest BCUT2D eigenvalue weighted by Gasteiger charge is 2.27. The molecule has 5 nitrogen and oxygen atoms in total. The summed E-state index contributed by atoms with van der Waals surface area (Å²) >= 11 is 1.30. The van der Waals surface area contributed by atoms with Crippen molar-refractivity contribution in [2.45, 2.75) is 43.4 Å². The first-order valence-electron chi connectivity index (χ1n) is 7.74. The average Bonchev–Trinajstić information content (AvgIpc) is 3.17. The molecule has 3 rings (SSSR count). The molecule has 0 bridgehead atoms. The van der Waals surface area contributed by atoms with Crippen LogP contribution in [0.4, 0.5) is 0 Å². The Hall–Kier alpha value is -1.18. The van der Waals surface area contributed by atoms with E-state index < -0.39 is 10.0 Å². The van der Waals surface area contributed by atoms with E-state index in [0.717, 1.165) is 43.5 Å². The third kappa shape index (κ3) is 2.98. The summed E-state index contributed by atoms with van der Waals surface area (Å²) in [5, 5.41) is 6.22. The Kier molecular flexibility index (Phi) is 4.65. The molecule has 3 heterocycles. The summed E-state index contributed by atoms with van der Waals surface area (Å²) in [4.78, 5) is 0. The Morgan fingerprint density at radius 1 is 1.27 bits per heavy atom. The molecule has 0 atom stereocenters. The Labute approximate surface area is 135 Å². The van der Waals surface area contributed by atoms with Crippen LogP contribution in [0.3, 0.4) is 0 Å². The maximum absolute atomic E-state index is 12.7. The molecule has 7 heteroatoms. The van der Waals surface area contributed by atoms with Gasteiger partial charge in [-0.1, -0.05) is 13.3 Å². The van der Waals surface area contributed by atoms with Gasteiger partial charge in [0, 0.05) is 36.8 Å². The zero-order valence-electron chi connectivity index (χ0n) is 12.7. The monoisotopic (exact) mass is 339 g/mol. The van der Waals surface area contributed by atoms with Gasteiger partial charge in [-0.3, -0.25) is 4.68 Å². The molecule has 1 aliphatic rings. The van der Waals surface area contributed by atoms with Gasteiger partial charge < -0.3 is 0 Å². The minimum Gasteiger partial charge on any atom is -0.265 e. The molecule has 0 unspecified atom stereocenters. The van der Waals surface area contributed by atoms with Crippen molar-refractivity contribution in [3.05, 3.63) is 23.7 Å². The van der Waals surface area contributed by atoms with Crippen LogP contribution in [-0.2, 0) is 16.6 Å². The normalized spacial score (nSPS) is 17.0. The van der Waals surface area contributed by atoms with E-state index in [1.54, 1.807) is 16.6 Å². The number of aryl methyl sites for hydroxylation is 1. The van der Waals surface area contributed by atoms with E-state index >= 15 is 0 Å². The van der Waals surface area contributed by atoms with E-state index in [9.17, 15) is 8.42 Å². The molecule has 1 aliphatic heterocycles. The molecule has 2 aromatic heterocycles. The van der Waals surface area contributed by atoms with Crippen molar-refractivity contribution in [2.24, 2.45) is 0 Å². The fourth-order valence-electron chi connectivity index (χ4n) is 2.79. The van der Waals surface area contributed by atoms with Crippen LogP contribution < -0.4 is 0 Å². The number of piperidine rings is 1. The van der Waals surface area contributed by atoms with Crippen LogP contribution in [0.2, 0.25) is 0 Å². The average molecular weight is 339 g/mol. The number of hydrogen-bond acceptors (Lipinski definition) is 4. The van der Waals surface area contributed by atoms with Gasteiger partial charge in [0.05, 0.1) is 5.69 Å². The molecule has 120 valence electrons.